The van der Waals surface area contributed by atoms with E-state index >= 15 is 0 Å². The smallest absolute Gasteiger partial charge is 0.0772 e. The summed E-state index contributed by atoms with van der Waals surface area (Å²) in [7, 11) is 2.12. The zero-order valence-corrected chi connectivity index (χ0v) is 11.1. The number of hydrogen-bond acceptors (Lipinski definition) is 4. The number of rotatable bonds is 6. The predicted octanol–water partition coefficient (Wildman–Crippen LogP) is 2.24. The van der Waals surface area contributed by atoms with E-state index in [9.17, 15) is 0 Å². The average Bonchev–Trinajstić information content (AvgIpc) is 2.28. The summed E-state index contributed by atoms with van der Waals surface area (Å²) in [6, 6.07) is 4.34. The lowest BCUT2D eigenvalue weighted by atomic mass is 10.2. The van der Waals surface area contributed by atoms with Gasteiger partial charge in [0.15, 0.2) is 0 Å². The Morgan fingerprint density at radius 2 is 2.31 bits per heavy atom. The Bertz CT molecular complexity index is 317. The maximum absolute atomic E-state index is 5.88. The molecule has 0 aromatic carbocycles. The third kappa shape index (κ3) is 4.02. The van der Waals surface area contributed by atoms with E-state index in [2.05, 4.69) is 30.1 Å². The maximum atomic E-state index is 5.88. The largest absolute Gasteiger partial charge is 0.397 e. The fraction of sp³-hybridized carbons (Fsp3) is 0.583. The number of anilines is 1. The van der Waals surface area contributed by atoms with Gasteiger partial charge in [0.05, 0.1) is 11.4 Å². The van der Waals surface area contributed by atoms with Gasteiger partial charge < -0.3 is 5.73 Å². The van der Waals surface area contributed by atoms with Crippen molar-refractivity contribution in [3.05, 3.63) is 24.0 Å². The maximum Gasteiger partial charge on any atom is 0.0772 e. The molecule has 1 aromatic heterocycles. The van der Waals surface area contributed by atoms with Crippen molar-refractivity contribution in [2.75, 3.05) is 24.8 Å². The van der Waals surface area contributed by atoms with Gasteiger partial charge in [-0.05, 0) is 44.5 Å². The Morgan fingerprint density at radius 1 is 1.56 bits per heavy atom. The third-order valence-electron chi connectivity index (χ3n) is 2.82. The van der Waals surface area contributed by atoms with E-state index in [1.807, 2.05) is 23.9 Å². The fourth-order valence-corrected chi connectivity index (χ4v) is 2.06. The summed E-state index contributed by atoms with van der Waals surface area (Å²) in [4.78, 5) is 6.61. The lowest BCUT2D eigenvalue weighted by Gasteiger charge is -2.24. The second-order valence-corrected chi connectivity index (χ2v) is 5.07. The minimum Gasteiger partial charge on any atom is -0.397 e. The fourth-order valence-electron chi connectivity index (χ4n) is 1.48. The Balaban J connectivity index is 2.50. The number of nitrogens with zero attached hydrogens (tertiary/aromatic N) is 2. The molecule has 3 nitrogen and oxygen atoms in total. The van der Waals surface area contributed by atoms with Gasteiger partial charge in [0.2, 0.25) is 0 Å². The van der Waals surface area contributed by atoms with Crippen molar-refractivity contribution in [3.63, 3.8) is 0 Å². The second kappa shape index (κ2) is 6.76. The molecule has 2 N–H and O–H groups in total. The molecule has 1 aromatic rings. The number of aromatic nitrogens is 1. The average molecular weight is 239 g/mol. The molecule has 0 aliphatic carbocycles. The van der Waals surface area contributed by atoms with Crippen molar-refractivity contribution >= 4 is 17.4 Å². The van der Waals surface area contributed by atoms with Crippen LogP contribution in [0.3, 0.4) is 0 Å². The summed E-state index contributed by atoms with van der Waals surface area (Å²) >= 11 is 1.89. The molecule has 0 bridgehead atoms. The lowest BCUT2D eigenvalue weighted by Crippen LogP contribution is -2.29. The van der Waals surface area contributed by atoms with E-state index in [0.29, 0.717) is 6.04 Å². The highest BCUT2D eigenvalue weighted by Crippen LogP contribution is 2.13. The molecule has 1 atom stereocenters. The van der Waals surface area contributed by atoms with Crippen molar-refractivity contribution in [2.45, 2.75) is 25.9 Å². The van der Waals surface area contributed by atoms with Crippen LogP contribution in [0.5, 0.6) is 0 Å². The van der Waals surface area contributed by atoms with Crippen LogP contribution in [0.4, 0.5) is 5.69 Å². The first kappa shape index (κ1) is 13.3. The van der Waals surface area contributed by atoms with Gasteiger partial charge in [0.25, 0.3) is 0 Å². The van der Waals surface area contributed by atoms with Crippen LogP contribution in [0.15, 0.2) is 18.3 Å². The third-order valence-corrected chi connectivity index (χ3v) is 3.46. The molecule has 1 unspecified atom stereocenters. The topological polar surface area (TPSA) is 42.2 Å². The summed E-state index contributed by atoms with van der Waals surface area (Å²) in [6.07, 6.45) is 5.14. The van der Waals surface area contributed by atoms with E-state index < -0.39 is 0 Å². The van der Waals surface area contributed by atoms with E-state index in [0.717, 1.165) is 17.9 Å². The Hall–Kier alpha value is -0.740. The van der Waals surface area contributed by atoms with E-state index in [1.165, 1.54) is 12.2 Å². The second-order valence-electron chi connectivity index (χ2n) is 4.08. The molecule has 0 radical (unpaired) electrons. The number of nitrogen functional groups attached to an aromatic ring is 1. The number of thioether (sulfide) groups is 1. The number of pyridine rings is 1. The van der Waals surface area contributed by atoms with Crippen LogP contribution in [0.25, 0.3) is 0 Å². The van der Waals surface area contributed by atoms with E-state index in [-0.39, 0.29) is 0 Å². The zero-order chi connectivity index (χ0) is 12.0. The van der Waals surface area contributed by atoms with Crippen LogP contribution in [-0.2, 0) is 6.54 Å². The molecule has 1 heterocycles. The van der Waals surface area contributed by atoms with Gasteiger partial charge in [0, 0.05) is 18.8 Å². The van der Waals surface area contributed by atoms with Gasteiger partial charge in [-0.3, -0.25) is 9.88 Å². The molecule has 0 aliphatic rings. The molecule has 0 aliphatic heterocycles. The first-order valence-electron chi connectivity index (χ1n) is 5.53. The lowest BCUT2D eigenvalue weighted by molar-refractivity contribution is 0.243. The summed E-state index contributed by atoms with van der Waals surface area (Å²) in [5.74, 6) is 1.20. The van der Waals surface area contributed by atoms with Crippen LogP contribution < -0.4 is 5.73 Å². The first-order valence-corrected chi connectivity index (χ1v) is 6.93. The first-order chi connectivity index (χ1) is 7.65. The molecular formula is C12H21N3S. The van der Waals surface area contributed by atoms with Crippen LogP contribution in [0.2, 0.25) is 0 Å². The van der Waals surface area contributed by atoms with Crippen molar-refractivity contribution in [1.29, 1.82) is 0 Å². The van der Waals surface area contributed by atoms with Crippen LogP contribution in [0, 0.1) is 0 Å². The van der Waals surface area contributed by atoms with E-state index in [4.69, 9.17) is 5.73 Å². The van der Waals surface area contributed by atoms with Crippen LogP contribution >= 0.6 is 11.8 Å². The van der Waals surface area contributed by atoms with Gasteiger partial charge in [-0.1, -0.05) is 0 Å². The molecule has 0 spiro atoms. The highest BCUT2D eigenvalue weighted by molar-refractivity contribution is 7.98. The molecule has 1 rings (SSSR count). The molecule has 4 heteroatoms. The molecule has 0 saturated heterocycles. The summed E-state index contributed by atoms with van der Waals surface area (Å²) in [6.45, 7) is 3.07. The van der Waals surface area contributed by atoms with Gasteiger partial charge in [-0.25, -0.2) is 0 Å². The summed E-state index contributed by atoms with van der Waals surface area (Å²) < 4.78 is 0. The molecule has 90 valence electrons. The van der Waals surface area contributed by atoms with Crippen molar-refractivity contribution in [1.82, 2.24) is 9.88 Å². The van der Waals surface area contributed by atoms with Gasteiger partial charge in [-0.15, -0.1) is 0 Å². The summed E-state index contributed by atoms with van der Waals surface area (Å²) in [5.41, 5.74) is 7.63. The van der Waals surface area contributed by atoms with Gasteiger partial charge in [0.1, 0.15) is 0 Å². The van der Waals surface area contributed by atoms with Crippen molar-refractivity contribution < 1.29 is 0 Å². The number of nitrogens with two attached hydrogens (primary N) is 1. The van der Waals surface area contributed by atoms with Gasteiger partial charge in [-0.2, -0.15) is 11.8 Å². The van der Waals surface area contributed by atoms with Crippen LogP contribution in [-0.4, -0.2) is 35.0 Å². The Morgan fingerprint density at radius 3 is 2.94 bits per heavy atom. The summed E-state index contributed by atoms with van der Waals surface area (Å²) in [5, 5.41) is 0. The molecule has 0 fully saturated rings. The van der Waals surface area contributed by atoms with E-state index in [1.54, 1.807) is 6.20 Å². The highest BCUT2D eigenvalue weighted by Gasteiger charge is 2.11. The van der Waals surface area contributed by atoms with Crippen LogP contribution in [0.1, 0.15) is 19.0 Å². The normalized spacial score (nSPS) is 13.0. The highest BCUT2D eigenvalue weighted by atomic mass is 32.2. The number of hydrogen-bond donors (Lipinski definition) is 1. The van der Waals surface area contributed by atoms with Crippen molar-refractivity contribution in [3.8, 4) is 0 Å². The Labute approximate surface area is 102 Å². The quantitative estimate of drug-likeness (QED) is 0.826. The zero-order valence-electron chi connectivity index (χ0n) is 10.3. The minimum absolute atomic E-state index is 0.564. The standard InChI is InChI=1S/C12H21N3S/c1-10(6-8-16-3)15(2)9-12-11(13)5-4-7-14-12/h4-5,7,10H,6,8-9,13H2,1-3H3. The van der Waals surface area contributed by atoms with Gasteiger partial charge >= 0.3 is 0 Å². The molecule has 0 amide bonds. The minimum atomic E-state index is 0.564. The molecule has 16 heavy (non-hydrogen) atoms. The SMILES string of the molecule is CSCCC(C)N(C)Cc1ncccc1N. The molecular weight excluding hydrogens is 218 g/mol. The monoisotopic (exact) mass is 239 g/mol. The van der Waals surface area contributed by atoms with Crippen molar-refractivity contribution in [2.24, 2.45) is 0 Å². The predicted molar refractivity (Wildman–Crippen MR) is 72.6 cm³/mol. The molecule has 0 saturated carbocycles. The Kier molecular flexibility index (Phi) is 5.63.